The third-order valence-corrected chi connectivity index (χ3v) is 8.42. The number of carbonyl (C=O) groups excluding carboxylic acids is 1. The Hall–Kier alpha value is -2.63. The maximum Gasteiger partial charge on any atom is 0.286 e. The van der Waals surface area contributed by atoms with Gasteiger partial charge in [0.25, 0.3) is 5.65 Å². The van der Waals surface area contributed by atoms with Crippen LogP contribution >= 0.6 is 0 Å². The number of amides is 1. The number of H-pyrrole nitrogens is 2. The Balaban J connectivity index is 1.42. The summed E-state index contributed by atoms with van der Waals surface area (Å²) < 4.78 is 2.25. The summed E-state index contributed by atoms with van der Waals surface area (Å²) in [5.74, 6) is 1.64. The van der Waals surface area contributed by atoms with E-state index in [1.165, 1.54) is 0 Å². The molecule has 33 heavy (non-hydrogen) atoms. The van der Waals surface area contributed by atoms with Gasteiger partial charge in [0.15, 0.2) is 5.43 Å². The molecule has 0 radical (unpaired) electrons. The van der Waals surface area contributed by atoms with Crippen molar-refractivity contribution in [2.45, 2.75) is 65.8 Å². The Morgan fingerprint density at radius 2 is 1.85 bits per heavy atom. The van der Waals surface area contributed by atoms with Gasteiger partial charge in [0.2, 0.25) is 5.91 Å². The minimum atomic E-state index is 0.0209. The number of pyridine rings is 2. The van der Waals surface area contributed by atoms with E-state index >= 15 is 0 Å². The van der Waals surface area contributed by atoms with Crippen LogP contribution in [0.25, 0.3) is 21.9 Å². The Morgan fingerprint density at radius 1 is 1.09 bits per heavy atom. The lowest BCUT2D eigenvalue weighted by molar-refractivity contribution is -0.345. The van der Waals surface area contributed by atoms with Crippen molar-refractivity contribution in [3.63, 3.8) is 0 Å². The molecule has 2 atom stereocenters. The largest absolute Gasteiger partial charge is 0.341 e. The highest BCUT2D eigenvalue weighted by Gasteiger charge is 2.37. The van der Waals surface area contributed by atoms with Crippen LogP contribution in [0.5, 0.6) is 0 Å². The van der Waals surface area contributed by atoms with Crippen LogP contribution in [0, 0.1) is 23.2 Å². The molecule has 3 aromatic heterocycles. The first-order valence-corrected chi connectivity index (χ1v) is 12.6. The lowest BCUT2D eigenvalue weighted by Gasteiger charge is -2.42. The summed E-state index contributed by atoms with van der Waals surface area (Å²) in [4.78, 5) is 34.7. The van der Waals surface area contributed by atoms with E-state index in [0.29, 0.717) is 35.1 Å². The van der Waals surface area contributed by atoms with Crippen molar-refractivity contribution in [2.24, 2.45) is 23.2 Å². The molecule has 5 rings (SSSR count). The van der Waals surface area contributed by atoms with Gasteiger partial charge in [-0.25, -0.2) is 9.97 Å². The third kappa shape index (κ3) is 3.98. The van der Waals surface area contributed by atoms with Gasteiger partial charge in [-0.2, -0.15) is 0 Å². The summed E-state index contributed by atoms with van der Waals surface area (Å²) in [5.41, 5.74) is 2.21. The first kappa shape index (κ1) is 22.2. The SMILES string of the molecule is CC1CCN(C(=O)C2CCC(C(C)(C)C)CC2)CC1n1ccc(=O)c2c[nH+]c3[nH]ccc3c21. The van der Waals surface area contributed by atoms with E-state index in [9.17, 15) is 9.59 Å². The van der Waals surface area contributed by atoms with E-state index in [0.717, 1.165) is 55.2 Å². The topological polar surface area (TPSA) is 72.2 Å². The summed E-state index contributed by atoms with van der Waals surface area (Å²) >= 11 is 0. The number of hydrogen-bond acceptors (Lipinski definition) is 2. The normalized spacial score (nSPS) is 26.7. The molecule has 1 aliphatic heterocycles. The molecule has 2 fully saturated rings. The molecule has 6 nitrogen and oxygen atoms in total. The summed E-state index contributed by atoms with van der Waals surface area (Å²) in [7, 11) is 0. The molecule has 2 unspecified atom stereocenters. The molecule has 1 saturated carbocycles. The average molecular weight is 450 g/mol. The number of aromatic nitrogens is 3. The second kappa shape index (κ2) is 8.30. The molecule has 0 aromatic carbocycles. The standard InChI is InChI=1S/C27H36N4O2/c1-17-10-13-30(26(33)18-5-7-19(8-6-18)27(2,3)4)16-22(17)31-14-11-23(32)21-15-29-25-20(24(21)31)9-12-28-25/h9,11-12,14-15,17-19,22H,5-8,10,13,16H2,1-4H3,(H,28,29)/p+1. The molecule has 1 aliphatic carbocycles. The van der Waals surface area contributed by atoms with Gasteiger partial charge in [-0.1, -0.05) is 27.7 Å². The van der Waals surface area contributed by atoms with Gasteiger partial charge >= 0.3 is 0 Å². The number of likely N-dealkylation sites (tertiary alicyclic amines) is 1. The number of nitrogens with one attached hydrogen (secondary N) is 2. The highest BCUT2D eigenvalue weighted by atomic mass is 16.2. The molecule has 3 aromatic rings. The second-order valence-electron chi connectivity index (χ2n) is 11.4. The Bertz CT molecular complexity index is 1230. The lowest BCUT2D eigenvalue weighted by Crippen LogP contribution is -2.47. The monoisotopic (exact) mass is 449 g/mol. The molecular formula is C27H37N4O2+. The molecule has 0 spiro atoms. The molecule has 1 amide bonds. The van der Waals surface area contributed by atoms with Crippen molar-refractivity contribution in [3.05, 3.63) is 40.9 Å². The van der Waals surface area contributed by atoms with Crippen LogP contribution in [0.2, 0.25) is 0 Å². The predicted molar refractivity (Wildman–Crippen MR) is 131 cm³/mol. The molecule has 0 bridgehead atoms. The fourth-order valence-corrected chi connectivity index (χ4v) is 6.17. The van der Waals surface area contributed by atoms with Crippen molar-refractivity contribution < 1.29 is 9.78 Å². The molecule has 176 valence electrons. The van der Waals surface area contributed by atoms with Gasteiger partial charge in [0.1, 0.15) is 6.20 Å². The fourth-order valence-electron chi connectivity index (χ4n) is 6.17. The minimum absolute atomic E-state index is 0.0209. The summed E-state index contributed by atoms with van der Waals surface area (Å²) in [6.45, 7) is 10.8. The Morgan fingerprint density at radius 3 is 2.58 bits per heavy atom. The van der Waals surface area contributed by atoms with Crippen molar-refractivity contribution in [3.8, 4) is 0 Å². The summed E-state index contributed by atoms with van der Waals surface area (Å²) in [6.07, 6.45) is 10.9. The predicted octanol–water partition coefficient (Wildman–Crippen LogP) is 4.56. The number of piperidine rings is 1. The highest BCUT2D eigenvalue weighted by molar-refractivity contribution is 6.00. The van der Waals surface area contributed by atoms with Crippen molar-refractivity contribution in [1.82, 2.24) is 14.5 Å². The van der Waals surface area contributed by atoms with Crippen LogP contribution in [0.4, 0.5) is 0 Å². The minimum Gasteiger partial charge on any atom is -0.341 e. The number of hydrogen-bond donors (Lipinski definition) is 1. The van der Waals surface area contributed by atoms with Crippen LogP contribution in [-0.4, -0.2) is 33.4 Å². The molecule has 6 heteroatoms. The van der Waals surface area contributed by atoms with Gasteiger partial charge in [0.05, 0.1) is 28.5 Å². The van der Waals surface area contributed by atoms with Gasteiger partial charge in [-0.3, -0.25) is 9.59 Å². The zero-order valence-corrected chi connectivity index (χ0v) is 20.4. The number of fused-ring (bicyclic) bond motifs is 3. The van der Waals surface area contributed by atoms with E-state index in [4.69, 9.17) is 0 Å². The number of aromatic amines is 2. The van der Waals surface area contributed by atoms with Crippen LogP contribution in [0.15, 0.2) is 35.5 Å². The van der Waals surface area contributed by atoms with E-state index in [1.54, 1.807) is 12.3 Å². The first-order valence-electron chi connectivity index (χ1n) is 12.6. The summed E-state index contributed by atoms with van der Waals surface area (Å²) in [5, 5.41) is 1.71. The van der Waals surface area contributed by atoms with Crippen LogP contribution in [-0.2, 0) is 4.79 Å². The number of rotatable bonds is 2. The average Bonchev–Trinajstić information content (AvgIpc) is 3.28. The van der Waals surface area contributed by atoms with Crippen molar-refractivity contribution >= 4 is 27.8 Å². The highest BCUT2D eigenvalue weighted by Crippen LogP contribution is 2.41. The van der Waals surface area contributed by atoms with E-state index in [2.05, 4.69) is 47.1 Å². The number of nitrogens with zero attached hydrogens (tertiary/aromatic N) is 2. The van der Waals surface area contributed by atoms with E-state index in [-0.39, 0.29) is 17.4 Å². The smallest absolute Gasteiger partial charge is 0.286 e. The van der Waals surface area contributed by atoms with E-state index < -0.39 is 0 Å². The molecule has 2 N–H and O–H groups in total. The molecule has 2 aliphatic rings. The van der Waals surface area contributed by atoms with Crippen molar-refractivity contribution in [2.75, 3.05) is 13.1 Å². The number of carbonyl (C=O) groups is 1. The summed E-state index contributed by atoms with van der Waals surface area (Å²) in [6, 6.07) is 3.83. The molecule has 4 heterocycles. The van der Waals surface area contributed by atoms with Crippen LogP contribution in [0.3, 0.4) is 0 Å². The van der Waals surface area contributed by atoms with Crippen molar-refractivity contribution in [1.29, 1.82) is 0 Å². The second-order valence-corrected chi connectivity index (χ2v) is 11.4. The Labute approximate surface area is 195 Å². The maximum atomic E-state index is 13.5. The maximum absolute atomic E-state index is 13.5. The lowest BCUT2D eigenvalue weighted by atomic mass is 9.69. The van der Waals surface area contributed by atoms with E-state index in [1.807, 2.05) is 18.5 Å². The van der Waals surface area contributed by atoms with Crippen LogP contribution < -0.4 is 10.4 Å². The van der Waals surface area contributed by atoms with Gasteiger partial charge in [-0.15, -0.1) is 0 Å². The van der Waals surface area contributed by atoms with Gasteiger partial charge in [-0.05, 0) is 55.4 Å². The fraction of sp³-hybridized carbons (Fsp3) is 0.593. The van der Waals surface area contributed by atoms with Gasteiger partial charge < -0.3 is 9.47 Å². The Kier molecular flexibility index (Phi) is 5.58. The first-order chi connectivity index (χ1) is 15.7. The van der Waals surface area contributed by atoms with Crippen LogP contribution in [0.1, 0.15) is 65.8 Å². The van der Waals surface area contributed by atoms with Gasteiger partial charge in [0, 0.05) is 31.3 Å². The zero-order chi connectivity index (χ0) is 23.3. The molecular weight excluding hydrogens is 412 g/mol. The molecule has 1 saturated heterocycles. The quantitative estimate of drug-likeness (QED) is 0.623. The third-order valence-electron chi connectivity index (χ3n) is 8.42. The zero-order valence-electron chi connectivity index (χ0n) is 20.4.